The molecule has 140 valence electrons. The maximum absolute atomic E-state index is 12.7. The van der Waals surface area contributed by atoms with Crippen LogP contribution < -0.4 is 5.32 Å². The van der Waals surface area contributed by atoms with Gasteiger partial charge >= 0.3 is 0 Å². The third-order valence-corrected chi connectivity index (χ3v) is 5.68. The zero-order valence-corrected chi connectivity index (χ0v) is 15.9. The van der Waals surface area contributed by atoms with Crippen molar-refractivity contribution in [2.24, 2.45) is 0 Å². The predicted octanol–water partition coefficient (Wildman–Crippen LogP) is 2.38. The van der Waals surface area contributed by atoms with Crippen molar-refractivity contribution >= 4 is 26.8 Å². The zero-order chi connectivity index (χ0) is 19.0. The van der Waals surface area contributed by atoms with Gasteiger partial charge in [-0.3, -0.25) is 4.79 Å². The highest BCUT2D eigenvalue weighted by Crippen LogP contribution is 2.30. The van der Waals surface area contributed by atoms with Gasteiger partial charge in [0.05, 0.1) is 17.1 Å². The van der Waals surface area contributed by atoms with Crippen molar-refractivity contribution in [1.82, 2.24) is 14.9 Å². The van der Waals surface area contributed by atoms with Crippen LogP contribution in [0.5, 0.6) is 0 Å². The van der Waals surface area contributed by atoms with Gasteiger partial charge in [0.25, 0.3) is 0 Å². The molecule has 0 saturated carbocycles. The molecule has 0 radical (unpaired) electrons. The van der Waals surface area contributed by atoms with Gasteiger partial charge in [-0.05, 0) is 36.1 Å². The maximum Gasteiger partial charge on any atom is 0.240 e. The number of hydrogen-bond acceptors (Lipinski definition) is 4. The topological polar surface area (TPSA) is 81.1 Å². The van der Waals surface area contributed by atoms with Gasteiger partial charge in [-0.15, -0.1) is 0 Å². The third kappa shape index (κ3) is 3.73. The van der Waals surface area contributed by atoms with Crippen molar-refractivity contribution in [2.75, 3.05) is 6.26 Å². The Morgan fingerprint density at radius 1 is 1.19 bits per heavy atom. The average molecular weight is 383 g/mol. The minimum absolute atomic E-state index is 0.00171. The number of nitrogens with one attached hydrogen (secondary N) is 1. The summed E-state index contributed by atoms with van der Waals surface area (Å²) in [5.74, 6) is 0.0524. The highest BCUT2D eigenvalue weighted by atomic mass is 32.2. The van der Waals surface area contributed by atoms with Crippen LogP contribution in [0.25, 0.3) is 11.0 Å². The van der Waals surface area contributed by atoms with Crippen LogP contribution in [0.3, 0.4) is 0 Å². The first kappa shape index (κ1) is 17.7. The number of aryl methyl sites for hydroxylation is 1. The molecule has 3 aromatic rings. The van der Waals surface area contributed by atoms with E-state index in [0.29, 0.717) is 11.3 Å². The first-order valence-electron chi connectivity index (χ1n) is 8.90. The summed E-state index contributed by atoms with van der Waals surface area (Å²) < 4.78 is 25.3. The normalized spacial score (nSPS) is 16.4. The number of imidazole rings is 1. The molecule has 1 aliphatic carbocycles. The lowest BCUT2D eigenvalue weighted by Gasteiger charge is -2.15. The van der Waals surface area contributed by atoms with Gasteiger partial charge in [-0.25, -0.2) is 13.4 Å². The SMILES string of the molecule is CS(=O)(=O)Cc1nc2ccccc2n1CC(=O)N[C@H]1CCc2ccccc21. The van der Waals surface area contributed by atoms with Crippen LogP contribution in [-0.2, 0) is 33.4 Å². The molecule has 1 heterocycles. The number of fused-ring (bicyclic) bond motifs is 2. The van der Waals surface area contributed by atoms with Gasteiger partial charge in [0.1, 0.15) is 18.1 Å². The van der Waals surface area contributed by atoms with Crippen LogP contribution in [-0.4, -0.2) is 30.1 Å². The number of carbonyl (C=O) groups excluding carboxylic acids is 1. The lowest BCUT2D eigenvalue weighted by molar-refractivity contribution is -0.122. The highest BCUT2D eigenvalue weighted by molar-refractivity contribution is 7.89. The van der Waals surface area contributed by atoms with Crippen molar-refractivity contribution in [3.63, 3.8) is 0 Å². The van der Waals surface area contributed by atoms with E-state index in [4.69, 9.17) is 0 Å². The van der Waals surface area contributed by atoms with E-state index in [0.717, 1.165) is 23.9 Å². The van der Waals surface area contributed by atoms with E-state index in [2.05, 4.69) is 22.4 Å². The minimum Gasteiger partial charge on any atom is -0.348 e. The fourth-order valence-electron chi connectivity index (χ4n) is 3.74. The average Bonchev–Trinajstić information content (AvgIpc) is 3.16. The molecule has 6 nitrogen and oxygen atoms in total. The molecule has 1 aliphatic rings. The Kier molecular flexibility index (Phi) is 4.47. The second-order valence-corrected chi connectivity index (χ2v) is 9.17. The van der Waals surface area contributed by atoms with Gasteiger partial charge in [0, 0.05) is 6.26 Å². The number of benzene rings is 2. The Bertz CT molecular complexity index is 1120. The third-order valence-electron chi connectivity index (χ3n) is 4.89. The van der Waals surface area contributed by atoms with Gasteiger partial charge in [0.2, 0.25) is 5.91 Å². The molecular formula is C20H21N3O3S. The molecule has 0 bridgehead atoms. The van der Waals surface area contributed by atoms with E-state index in [1.807, 2.05) is 36.4 Å². The fourth-order valence-corrected chi connectivity index (χ4v) is 4.43. The van der Waals surface area contributed by atoms with E-state index in [1.54, 1.807) is 4.57 Å². The molecule has 4 rings (SSSR count). The zero-order valence-electron chi connectivity index (χ0n) is 15.1. The molecule has 1 atom stereocenters. The Morgan fingerprint density at radius 2 is 1.93 bits per heavy atom. The number of rotatable bonds is 5. The molecule has 1 aromatic heterocycles. The van der Waals surface area contributed by atoms with E-state index in [1.165, 1.54) is 11.8 Å². The van der Waals surface area contributed by atoms with E-state index in [-0.39, 0.29) is 24.2 Å². The summed E-state index contributed by atoms with van der Waals surface area (Å²) in [6, 6.07) is 15.5. The summed E-state index contributed by atoms with van der Waals surface area (Å²) in [7, 11) is -3.26. The number of sulfone groups is 1. The summed E-state index contributed by atoms with van der Waals surface area (Å²) in [4.78, 5) is 17.2. The van der Waals surface area contributed by atoms with Gasteiger partial charge in [0.15, 0.2) is 9.84 Å². The Labute approximate surface area is 158 Å². The summed E-state index contributed by atoms with van der Waals surface area (Å²) in [5, 5.41) is 3.09. The summed E-state index contributed by atoms with van der Waals surface area (Å²) in [6.07, 6.45) is 3.01. The molecule has 27 heavy (non-hydrogen) atoms. The van der Waals surface area contributed by atoms with Gasteiger partial charge in [-0.1, -0.05) is 36.4 Å². The molecule has 1 amide bonds. The van der Waals surface area contributed by atoms with Crippen LogP contribution in [0.2, 0.25) is 0 Å². The Hall–Kier alpha value is -2.67. The lowest BCUT2D eigenvalue weighted by Crippen LogP contribution is -2.31. The molecule has 0 aliphatic heterocycles. The van der Waals surface area contributed by atoms with Crippen molar-refractivity contribution in [2.45, 2.75) is 31.2 Å². The molecule has 1 N–H and O–H groups in total. The lowest BCUT2D eigenvalue weighted by atomic mass is 10.1. The van der Waals surface area contributed by atoms with Crippen molar-refractivity contribution in [1.29, 1.82) is 0 Å². The second-order valence-electron chi connectivity index (χ2n) is 7.03. The smallest absolute Gasteiger partial charge is 0.240 e. The first-order chi connectivity index (χ1) is 12.9. The molecule has 0 saturated heterocycles. The van der Waals surface area contributed by atoms with Crippen LogP contribution in [0, 0.1) is 0 Å². The number of aromatic nitrogens is 2. The van der Waals surface area contributed by atoms with Crippen LogP contribution >= 0.6 is 0 Å². The Morgan fingerprint density at radius 3 is 2.74 bits per heavy atom. The van der Waals surface area contributed by atoms with E-state index in [9.17, 15) is 13.2 Å². The summed E-state index contributed by atoms with van der Waals surface area (Å²) in [6.45, 7) is 0.0457. The quantitative estimate of drug-likeness (QED) is 0.733. The highest BCUT2D eigenvalue weighted by Gasteiger charge is 2.24. The fraction of sp³-hybridized carbons (Fsp3) is 0.300. The van der Waals surface area contributed by atoms with Crippen LogP contribution in [0.4, 0.5) is 0 Å². The number of para-hydroxylation sites is 2. The van der Waals surface area contributed by atoms with Crippen LogP contribution in [0.15, 0.2) is 48.5 Å². The molecule has 2 aromatic carbocycles. The number of nitrogens with zero attached hydrogens (tertiary/aromatic N) is 2. The summed E-state index contributed by atoms with van der Waals surface area (Å²) in [5.41, 5.74) is 3.89. The number of amides is 1. The molecule has 0 spiro atoms. The largest absolute Gasteiger partial charge is 0.348 e. The van der Waals surface area contributed by atoms with Gasteiger partial charge < -0.3 is 9.88 Å². The van der Waals surface area contributed by atoms with Crippen molar-refractivity contribution in [3.05, 3.63) is 65.5 Å². The molecule has 7 heteroatoms. The van der Waals surface area contributed by atoms with Crippen molar-refractivity contribution < 1.29 is 13.2 Å². The minimum atomic E-state index is -3.26. The predicted molar refractivity (Wildman–Crippen MR) is 104 cm³/mol. The summed E-state index contributed by atoms with van der Waals surface area (Å²) >= 11 is 0. The standard InChI is InChI=1S/C20H21N3O3S/c1-27(25,26)13-19-21-17-8-4-5-9-18(17)23(19)12-20(24)22-16-11-10-14-6-2-3-7-15(14)16/h2-9,16H,10-13H2,1H3,(H,22,24)/t16-/m0/s1. The van der Waals surface area contributed by atoms with Gasteiger partial charge in [-0.2, -0.15) is 0 Å². The van der Waals surface area contributed by atoms with E-state index >= 15 is 0 Å². The van der Waals surface area contributed by atoms with E-state index < -0.39 is 9.84 Å². The maximum atomic E-state index is 12.7. The Balaban J connectivity index is 1.59. The second kappa shape index (κ2) is 6.81. The molecule has 0 unspecified atom stereocenters. The first-order valence-corrected chi connectivity index (χ1v) is 11.0. The number of hydrogen-bond donors (Lipinski definition) is 1. The molecular weight excluding hydrogens is 362 g/mol. The monoisotopic (exact) mass is 383 g/mol. The van der Waals surface area contributed by atoms with Crippen molar-refractivity contribution in [3.8, 4) is 0 Å². The van der Waals surface area contributed by atoms with Crippen LogP contribution in [0.1, 0.15) is 29.4 Å². The number of carbonyl (C=O) groups is 1. The molecule has 0 fully saturated rings.